The van der Waals surface area contributed by atoms with E-state index in [-0.39, 0.29) is 17.8 Å². The maximum absolute atomic E-state index is 12.8. The monoisotopic (exact) mass is 309 g/mol. The number of hydrogen-bond acceptors (Lipinski definition) is 5. The molecule has 2 aromatic rings. The van der Waals surface area contributed by atoms with Crippen LogP contribution in [0.3, 0.4) is 0 Å². The van der Waals surface area contributed by atoms with E-state index in [1.807, 2.05) is 7.05 Å². The predicted octanol–water partition coefficient (Wildman–Crippen LogP) is 3.60. The highest BCUT2D eigenvalue weighted by Crippen LogP contribution is 2.25. The number of nitrogens with zero attached hydrogens (tertiary/aromatic N) is 2. The third-order valence-corrected chi connectivity index (χ3v) is 4.49. The highest BCUT2D eigenvalue weighted by atomic mass is 32.2. The Kier molecular flexibility index (Phi) is 5.76. The van der Waals surface area contributed by atoms with Crippen LogP contribution in [0, 0.1) is 5.82 Å². The first kappa shape index (κ1) is 16.0. The maximum Gasteiger partial charge on any atom is 0.231 e. The number of thioether (sulfide) groups is 1. The van der Waals surface area contributed by atoms with Crippen LogP contribution in [0.15, 0.2) is 33.7 Å². The standard InChI is InChI=1S/C15H20FN3OS/c1-4-13(10(2)17-3)15-18-14(19-20-15)9-21-12-7-5-11(16)6-8-12/h5-8,10,13,17H,4,9H2,1-3H3. The zero-order chi connectivity index (χ0) is 15.2. The first-order valence-corrected chi connectivity index (χ1v) is 8.00. The minimum Gasteiger partial charge on any atom is -0.339 e. The summed E-state index contributed by atoms with van der Waals surface area (Å²) in [7, 11) is 1.93. The normalized spacial score (nSPS) is 14.1. The van der Waals surface area contributed by atoms with Gasteiger partial charge in [-0.2, -0.15) is 4.98 Å². The third kappa shape index (κ3) is 4.28. The average Bonchev–Trinajstić information content (AvgIpc) is 2.96. The molecule has 2 rings (SSSR count). The zero-order valence-electron chi connectivity index (χ0n) is 12.5. The number of benzene rings is 1. The minimum atomic E-state index is -0.229. The fraction of sp³-hybridized carbons (Fsp3) is 0.467. The van der Waals surface area contributed by atoms with Gasteiger partial charge in [-0.15, -0.1) is 11.8 Å². The smallest absolute Gasteiger partial charge is 0.231 e. The van der Waals surface area contributed by atoms with Crippen molar-refractivity contribution in [3.05, 3.63) is 41.8 Å². The van der Waals surface area contributed by atoms with Gasteiger partial charge in [0.2, 0.25) is 5.89 Å². The van der Waals surface area contributed by atoms with Gasteiger partial charge >= 0.3 is 0 Å². The molecule has 0 aliphatic heterocycles. The van der Waals surface area contributed by atoms with Crippen LogP contribution in [0.2, 0.25) is 0 Å². The van der Waals surface area contributed by atoms with Crippen molar-refractivity contribution in [2.45, 2.75) is 42.9 Å². The van der Waals surface area contributed by atoms with Gasteiger partial charge in [0.25, 0.3) is 0 Å². The maximum atomic E-state index is 12.8. The Morgan fingerprint density at radius 3 is 2.67 bits per heavy atom. The second-order valence-corrected chi connectivity index (χ2v) is 5.93. The molecule has 1 aromatic carbocycles. The molecule has 1 heterocycles. The van der Waals surface area contributed by atoms with Gasteiger partial charge in [-0.05, 0) is 44.7 Å². The fourth-order valence-corrected chi connectivity index (χ4v) is 2.84. The van der Waals surface area contributed by atoms with E-state index in [0.717, 1.165) is 11.3 Å². The molecule has 114 valence electrons. The molecule has 0 spiro atoms. The molecule has 0 saturated carbocycles. The topological polar surface area (TPSA) is 51.0 Å². The van der Waals surface area contributed by atoms with Crippen molar-refractivity contribution in [1.82, 2.24) is 15.5 Å². The first-order valence-electron chi connectivity index (χ1n) is 7.02. The lowest BCUT2D eigenvalue weighted by Gasteiger charge is -2.17. The molecule has 2 unspecified atom stereocenters. The molecule has 21 heavy (non-hydrogen) atoms. The number of rotatable bonds is 7. The Bertz CT molecular complexity index is 558. The van der Waals surface area contributed by atoms with Gasteiger partial charge in [0.15, 0.2) is 5.82 Å². The zero-order valence-corrected chi connectivity index (χ0v) is 13.3. The summed E-state index contributed by atoms with van der Waals surface area (Å²) in [5.74, 6) is 1.94. The van der Waals surface area contributed by atoms with Gasteiger partial charge in [0.1, 0.15) is 5.82 Å². The highest BCUT2D eigenvalue weighted by molar-refractivity contribution is 7.98. The number of halogens is 1. The molecule has 6 heteroatoms. The average molecular weight is 309 g/mol. The Morgan fingerprint density at radius 1 is 1.33 bits per heavy atom. The van der Waals surface area contributed by atoms with Crippen molar-refractivity contribution in [2.75, 3.05) is 7.05 Å². The lowest BCUT2D eigenvalue weighted by Crippen LogP contribution is -2.28. The molecule has 0 bridgehead atoms. The van der Waals surface area contributed by atoms with E-state index >= 15 is 0 Å². The van der Waals surface area contributed by atoms with E-state index < -0.39 is 0 Å². The summed E-state index contributed by atoms with van der Waals surface area (Å²) in [6.07, 6.45) is 0.939. The van der Waals surface area contributed by atoms with Crippen molar-refractivity contribution >= 4 is 11.8 Å². The van der Waals surface area contributed by atoms with E-state index in [4.69, 9.17) is 4.52 Å². The molecule has 0 saturated heterocycles. The summed E-state index contributed by atoms with van der Waals surface area (Å²) in [5.41, 5.74) is 0. The number of nitrogens with one attached hydrogen (secondary N) is 1. The Labute approximate surface area is 128 Å². The van der Waals surface area contributed by atoms with Crippen LogP contribution in [-0.2, 0) is 5.75 Å². The van der Waals surface area contributed by atoms with Crippen LogP contribution >= 0.6 is 11.8 Å². The van der Waals surface area contributed by atoms with Crippen LogP contribution < -0.4 is 5.32 Å². The second-order valence-electron chi connectivity index (χ2n) is 4.88. The molecule has 1 N–H and O–H groups in total. The summed E-state index contributed by atoms with van der Waals surface area (Å²) >= 11 is 1.56. The molecule has 0 fully saturated rings. The Balaban J connectivity index is 1.98. The van der Waals surface area contributed by atoms with E-state index in [1.54, 1.807) is 23.9 Å². The van der Waals surface area contributed by atoms with Gasteiger partial charge < -0.3 is 9.84 Å². The second kappa shape index (κ2) is 7.56. The van der Waals surface area contributed by atoms with Gasteiger partial charge in [-0.3, -0.25) is 0 Å². The molecule has 0 aliphatic rings. The lowest BCUT2D eigenvalue weighted by atomic mass is 9.98. The number of aromatic nitrogens is 2. The van der Waals surface area contributed by atoms with Crippen molar-refractivity contribution in [1.29, 1.82) is 0 Å². The quantitative estimate of drug-likeness (QED) is 0.792. The first-order chi connectivity index (χ1) is 10.1. The molecular weight excluding hydrogens is 289 g/mol. The van der Waals surface area contributed by atoms with Crippen molar-refractivity contribution in [3.63, 3.8) is 0 Å². The van der Waals surface area contributed by atoms with E-state index in [2.05, 4.69) is 29.3 Å². The minimum absolute atomic E-state index is 0.215. The van der Waals surface area contributed by atoms with Crippen LogP contribution in [0.25, 0.3) is 0 Å². The van der Waals surface area contributed by atoms with Gasteiger partial charge in [-0.1, -0.05) is 12.1 Å². The van der Waals surface area contributed by atoms with Crippen LogP contribution in [0.4, 0.5) is 4.39 Å². The molecule has 0 aliphatic carbocycles. The summed E-state index contributed by atoms with van der Waals surface area (Å²) < 4.78 is 18.2. The molecule has 0 radical (unpaired) electrons. The summed E-state index contributed by atoms with van der Waals surface area (Å²) in [6, 6.07) is 6.68. The van der Waals surface area contributed by atoms with Crippen molar-refractivity contribution in [2.24, 2.45) is 0 Å². The molecule has 0 amide bonds. The summed E-state index contributed by atoms with van der Waals surface area (Å²) in [5, 5.41) is 7.24. The molecule has 1 aromatic heterocycles. The predicted molar refractivity (Wildman–Crippen MR) is 81.8 cm³/mol. The van der Waals surface area contributed by atoms with E-state index in [1.165, 1.54) is 12.1 Å². The summed E-state index contributed by atoms with van der Waals surface area (Å²) in [4.78, 5) is 5.45. The van der Waals surface area contributed by atoms with Gasteiger partial charge in [0, 0.05) is 10.9 Å². The fourth-order valence-electron chi connectivity index (χ4n) is 2.10. The van der Waals surface area contributed by atoms with E-state index in [0.29, 0.717) is 17.5 Å². The third-order valence-electron chi connectivity index (χ3n) is 3.48. The van der Waals surface area contributed by atoms with Gasteiger partial charge in [-0.25, -0.2) is 4.39 Å². The summed E-state index contributed by atoms with van der Waals surface area (Å²) in [6.45, 7) is 4.21. The molecule has 2 atom stereocenters. The number of likely N-dealkylation sites (N-methyl/N-ethyl adjacent to an activating group) is 1. The molecule has 4 nitrogen and oxygen atoms in total. The Hall–Kier alpha value is -1.40. The van der Waals surface area contributed by atoms with E-state index in [9.17, 15) is 4.39 Å². The van der Waals surface area contributed by atoms with Crippen LogP contribution in [-0.4, -0.2) is 23.2 Å². The van der Waals surface area contributed by atoms with Crippen molar-refractivity contribution < 1.29 is 8.91 Å². The SMILES string of the molecule is CCC(c1nc(CSc2ccc(F)cc2)no1)C(C)NC. The lowest BCUT2D eigenvalue weighted by molar-refractivity contribution is 0.320. The highest BCUT2D eigenvalue weighted by Gasteiger charge is 2.22. The Morgan fingerprint density at radius 2 is 2.05 bits per heavy atom. The van der Waals surface area contributed by atoms with Crippen molar-refractivity contribution in [3.8, 4) is 0 Å². The largest absolute Gasteiger partial charge is 0.339 e. The number of hydrogen-bond donors (Lipinski definition) is 1. The van der Waals surface area contributed by atoms with Crippen LogP contribution in [0.5, 0.6) is 0 Å². The van der Waals surface area contributed by atoms with Gasteiger partial charge in [0.05, 0.1) is 11.7 Å². The molecular formula is C15H20FN3OS. The van der Waals surface area contributed by atoms with Crippen LogP contribution in [0.1, 0.15) is 37.9 Å².